The van der Waals surface area contributed by atoms with E-state index in [0.717, 1.165) is 48.3 Å². The molecule has 0 saturated carbocycles. The number of hydrogen-bond donors (Lipinski definition) is 0. The van der Waals surface area contributed by atoms with Crippen molar-refractivity contribution in [1.82, 2.24) is 19.6 Å². The summed E-state index contributed by atoms with van der Waals surface area (Å²) < 4.78 is 0. The molecule has 4 aliphatic rings. The topological polar surface area (TPSA) is 184 Å². The van der Waals surface area contributed by atoms with Gasteiger partial charge in [-0.05, 0) is 61.4 Å². The molecule has 14 nitrogen and oxygen atoms in total. The highest BCUT2D eigenvalue weighted by molar-refractivity contribution is 6.27. The lowest BCUT2D eigenvalue weighted by molar-refractivity contribution is 0.0466. The Labute approximate surface area is 502 Å². The van der Waals surface area contributed by atoms with Crippen LogP contribution in [0.4, 0.5) is 0 Å². The highest BCUT2D eigenvalue weighted by atomic mass is 16.2. The van der Waals surface area contributed by atoms with Crippen LogP contribution in [-0.4, -0.2) is 98.2 Å². The summed E-state index contributed by atoms with van der Waals surface area (Å²) in [7, 11) is 0. The Bertz CT molecular complexity index is 2920. The number of rotatable bonds is 40. The van der Waals surface area contributed by atoms with E-state index >= 15 is 0 Å². The summed E-state index contributed by atoms with van der Waals surface area (Å²) in [4.78, 5) is 141. The summed E-state index contributed by atoms with van der Waals surface area (Å²) in [5, 5.41) is 0. The highest BCUT2D eigenvalue weighted by Gasteiger charge is 2.44. The van der Waals surface area contributed by atoms with Gasteiger partial charge in [0.2, 0.25) is 0 Å². The van der Waals surface area contributed by atoms with Gasteiger partial charge in [0, 0.05) is 35.3 Å². The molecule has 4 aliphatic heterocycles. The van der Waals surface area contributed by atoms with E-state index in [1.54, 1.807) is 0 Å². The number of ketones is 2. The van der Waals surface area contributed by atoms with Crippen LogP contribution >= 0.6 is 0 Å². The molecule has 4 aromatic carbocycles. The van der Waals surface area contributed by atoms with Gasteiger partial charge in [0.05, 0.1) is 44.5 Å². The summed E-state index contributed by atoms with van der Waals surface area (Å²) in [5.41, 5.74) is 0.707. The smallest absolute Gasteiger partial charge is 0.263 e. The minimum atomic E-state index is -0.838. The van der Waals surface area contributed by atoms with Crippen LogP contribution in [0.3, 0.4) is 0 Å². The van der Waals surface area contributed by atoms with E-state index in [1.165, 1.54) is 237 Å². The van der Waals surface area contributed by atoms with Gasteiger partial charge in [-0.25, -0.2) is 0 Å². The molecule has 4 heterocycles. The van der Waals surface area contributed by atoms with Crippen LogP contribution < -0.4 is 0 Å². The first-order valence-corrected chi connectivity index (χ1v) is 32.5. The monoisotopic (exact) mass is 1160 g/mol. The van der Waals surface area contributed by atoms with Crippen LogP contribution in [0.1, 0.15) is 334 Å². The number of carbonyl (C=O) groups is 10. The molecule has 0 saturated heterocycles. The third-order valence-corrected chi connectivity index (χ3v) is 17.7. The maximum Gasteiger partial charge on any atom is 0.263 e. The summed E-state index contributed by atoms with van der Waals surface area (Å²) in [5.74, 6) is -6.07. The first kappa shape index (κ1) is 63.8. The third kappa shape index (κ3) is 15.8. The molecule has 0 atom stereocenters. The zero-order valence-corrected chi connectivity index (χ0v) is 50.5. The number of unbranched alkanes of at least 4 members (excludes halogenated alkanes) is 30. The number of hydrogen-bond acceptors (Lipinski definition) is 10. The molecular formula is C71H88N4O10. The van der Waals surface area contributed by atoms with Gasteiger partial charge in [-0.15, -0.1) is 0 Å². The molecule has 452 valence electrons. The number of benzene rings is 4. The van der Waals surface area contributed by atoms with Crippen LogP contribution in [-0.2, 0) is 0 Å². The fraction of sp³-hybridized carbons (Fsp3) is 0.521. The average molecular weight is 1160 g/mol. The Hall–Kier alpha value is -7.22. The van der Waals surface area contributed by atoms with Crippen molar-refractivity contribution in [1.29, 1.82) is 0 Å². The predicted molar refractivity (Wildman–Crippen MR) is 328 cm³/mol. The van der Waals surface area contributed by atoms with Crippen LogP contribution in [0.2, 0.25) is 0 Å². The lowest BCUT2D eigenvalue weighted by Gasteiger charge is -2.20. The quantitative estimate of drug-likeness (QED) is 0.0236. The van der Waals surface area contributed by atoms with E-state index in [0.29, 0.717) is 12.8 Å². The SMILES string of the molecule is CCCCCCCCCCCCCCCCCCN1C(=O)c2ccc(C(=O)c3ccc4c(c3)C(=O)N(CN3C(=O)c5ccc(C(=O)c6ccc7c(c6)C(=O)N(CCCCCCCCCCCCCCCCCC)C7=O)cc5C3=O)C4=O)cc2C1=O. The Morgan fingerprint density at radius 3 is 0.671 bits per heavy atom. The fourth-order valence-corrected chi connectivity index (χ4v) is 12.5. The van der Waals surface area contributed by atoms with E-state index in [9.17, 15) is 47.9 Å². The zero-order valence-electron chi connectivity index (χ0n) is 50.5. The van der Waals surface area contributed by atoms with Crippen LogP contribution in [0, 0.1) is 0 Å². The normalized spacial score (nSPS) is 14.4. The number of imide groups is 4. The fourth-order valence-electron chi connectivity index (χ4n) is 12.5. The van der Waals surface area contributed by atoms with Gasteiger partial charge in [-0.3, -0.25) is 67.5 Å². The minimum Gasteiger partial charge on any atom is -0.289 e. The number of carbonyl (C=O) groups excluding carboxylic acids is 10. The Balaban J connectivity index is 0.771. The van der Waals surface area contributed by atoms with Gasteiger partial charge in [-0.2, -0.15) is 0 Å². The van der Waals surface area contributed by atoms with Crippen molar-refractivity contribution in [3.05, 3.63) is 140 Å². The largest absolute Gasteiger partial charge is 0.289 e. The van der Waals surface area contributed by atoms with Crippen molar-refractivity contribution < 1.29 is 47.9 Å². The molecule has 0 unspecified atom stereocenters. The molecule has 0 fully saturated rings. The maximum atomic E-state index is 13.9. The Morgan fingerprint density at radius 2 is 0.435 bits per heavy atom. The molecule has 0 N–H and O–H groups in total. The molecule has 85 heavy (non-hydrogen) atoms. The third-order valence-electron chi connectivity index (χ3n) is 17.7. The summed E-state index contributed by atoms with van der Waals surface area (Å²) in [6.45, 7) is 4.34. The van der Waals surface area contributed by atoms with E-state index < -0.39 is 65.5 Å². The van der Waals surface area contributed by atoms with Gasteiger partial charge in [-0.1, -0.05) is 231 Å². The standard InChI is InChI=1S/C71H88N4O10/c1-3-5-7-9-11-13-15-17-19-21-23-25-27-29-31-33-43-72-64(78)54-39-35-50(45-58(54)68(72)82)62(76)52-37-41-56-60(47-52)70(84)74(66(56)80)49-75-67(81)57-42-38-53(48-61(57)71(75)85)63(77)51-36-40-55-59(46-51)69(83)73(65(55)79)44-34-32-30-28-26-24-22-20-18-16-14-12-10-8-6-4-2/h35-42,45-48H,3-34,43-44,49H2,1-2H3. The van der Waals surface area contributed by atoms with Gasteiger partial charge in [0.1, 0.15) is 6.67 Å². The number of amides is 8. The van der Waals surface area contributed by atoms with Crippen molar-refractivity contribution in [2.24, 2.45) is 0 Å². The van der Waals surface area contributed by atoms with Crippen molar-refractivity contribution in [2.45, 2.75) is 219 Å². The van der Waals surface area contributed by atoms with Crippen molar-refractivity contribution >= 4 is 58.8 Å². The highest BCUT2D eigenvalue weighted by Crippen LogP contribution is 2.33. The summed E-state index contributed by atoms with van der Waals surface area (Å²) in [6.07, 6.45) is 38.9. The zero-order chi connectivity index (χ0) is 60.2. The van der Waals surface area contributed by atoms with Crippen LogP contribution in [0.15, 0.2) is 72.8 Å². The molecule has 4 aromatic rings. The molecule has 0 aromatic heterocycles. The maximum absolute atomic E-state index is 13.9. The number of nitrogens with zero attached hydrogens (tertiary/aromatic N) is 4. The Morgan fingerprint density at radius 1 is 0.247 bits per heavy atom. The lowest BCUT2D eigenvalue weighted by atomic mass is 9.96. The molecular weight excluding hydrogens is 1070 g/mol. The molecule has 14 heteroatoms. The predicted octanol–water partition coefficient (Wildman–Crippen LogP) is 15.7. The van der Waals surface area contributed by atoms with Crippen molar-refractivity contribution in [2.75, 3.05) is 19.8 Å². The first-order chi connectivity index (χ1) is 41.4. The summed E-state index contributed by atoms with van der Waals surface area (Å²) in [6, 6.07) is 16.6. The van der Waals surface area contributed by atoms with Crippen LogP contribution in [0.5, 0.6) is 0 Å². The van der Waals surface area contributed by atoms with Crippen molar-refractivity contribution in [3.8, 4) is 0 Å². The minimum absolute atomic E-state index is 0.0386. The van der Waals surface area contributed by atoms with E-state index in [1.807, 2.05) is 0 Å². The molecule has 0 radical (unpaired) electrons. The van der Waals surface area contributed by atoms with Gasteiger partial charge < -0.3 is 0 Å². The average Bonchev–Trinajstić information content (AvgIpc) is 2.08. The Kier molecular flexibility index (Phi) is 23.9. The van der Waals surface area contributed by atoms with Gasteiger partial charge in [0.25, 0.3) is 47.3 Å². The van der Waals surface area contributed by atoms with Crippen molar-refractivity contribution in [3.63, 3.8) is 0 Å². The second-order valence-electron chi connectivity index (χ2n) is 24.0. The summed E-state index contributed by atoms with van der Waals surface area (Å²) >= 11 is 0. The first-order valence-electron chi connectivity index (χ1n) is 32.5. The van der Waals surface area contributed by atoms with Crippen LogP contribution in [0.25, 0.3) is 0 Å². The van der Waals surface area contributed by atoms with Gasteiger partial charge >= 0.3 is 0 Å². The molecule has 8 rings (SSSR count). The van der Waals surface area contributed by atoms with Gasteiger partial charge in [0.15, 0.2) is 11.6 Å². The molecule has 0 bridgehead atoms. The number of fused-ring (bicyclic) bond motifs is 4. The molecule has 0 spiro atoms. The molecule has 0 aliphatic carbocycles. The lowest BCUT2D eigenvalue weighted by Crippen LogP contribution is -2.43. The molecule has 8 amide bonds. The van der Waals surface area contributed by atoms with E-state index in [-0.39, 0.29) is 79.9 Å². The second-order valence-corrected chi connectivity index (χ2v) is 24.0. The van der Waals surface area contributed by atoms with E-state index in [2.05, 4.69) is 13.8 Å². The van der Waals surface area contributed by atoms with E-state index in [4.69, 9.17) is 0 Å². The second kappa shape index (κ2) is 31.8.